The lowest BCUT2D eigenvalue weighted by Crippen LogP contribution is -2.48. The number of amides is 1. The molecule has 42 heavy (non-hydrogen) atoms. The van der Waals surface area contributed by atoms with Crippen LogP contribution in [0.5, 0.6) is 0 Å². The zero-order valence-electron chi connectivity index (χ0n) is 23.9. The molecule has 4 atom stereocenters. The Morgan fingerprint density at radius 2 is 1.74 bits per heavy atom. The Morgan fingerprint density at radius 3 is 2.33 bits per heavy atom. The fourth-order valence-electron chi connectivity index (χ4n) is 4.84. The third kappa shape index (κ3) is 8.23. The van der Waals surface area contributed by atoms with Crippen LogP contribution in [0.25, 0.3) is 11.3 Å². The Hall–Kier alpha value is -4.10. The van der Waals surface area contributed by atoms with Crippen LogP contribution in [0, 0.1) is 5.92 Å². The molecule has 1 aromatic heterocycles. The number of carbonyl (C=O) groups is 5. The summed E-state index contributed by atoms with van der Waals surface area (Å²) in [4.78, 5) is 67.3. The van der Waals surface area contributed by atoms with Crippen LogP contribution in [0.2, 0.25) is 5.82 Å². The number of ether oxygens (including phenoxy) is 1. The average molecular weight is 582 g/mol. The maximum absolute atomic E-state index is 13.5. The van der Waals surface area contributed by atoms with Crippen molar-refractivity contribution in [1.82, 2.24) is 10.3 Å². The number of carbonyl (C=O) groups excluding carboxylic acids is 4. The molecule has 0 aliphatic carbocycles. The number of Topliss-reactive ketones (excluding diaryl/α,β-unsaturated/α-hetero) is 1. The molecule has 1 aliphatic heterocycles. The summed E-state index contributed by atoms with van der Waals surface area (Å²) in [5, 5.41) is 22.4. The van der Waals surface area contributed by atoms with Gasteiger partial charge in [0.1, 0.15) is 11.7 Å². The minimum atomic E-state index is -2.12. The van der Waals surface area contributed by atoms with Gasteiger partial charge >= 0.3 is 25.0 Å². The van der Waals surface area contributed by atoms with Crippen molar-refractivity contribution in [3.8, 4) is 11.3 Å². The number of hydrogen-bond donors (Lipinski definition) is 3. The molecular formula is C29H35BN2O10. The highest BCUT2D eigenvalue weighted by Gasteiger charge is 2.58. The number of methoxy groups -OCH3 is 1. The van der Waals surface area contributed by atoms with Crippen molar-refractivity contribution in [3.05, 3.63) is 54.2 Å². The molecule has 1 saturated heterocycles. The van der Waals surface area contributed by atoms with Gasteiger partial charge in [-0.3, -0.25) is 24.0 Å². The van der Waals surface area contributed by atoms with Gasteiger partial charge in [0.25, 0.3) is 5.91 Å². The minimum Gasteiger partial charge on any atom is -0.507 e. The van der Waals surface area contributed by atoms with Gasteiger partial charge in [0.2, 0.25) is 0 Å². The van der Waals surface area contributed by atoms with E-state index in [4.69, 9.17) is 9.31 Å². The predicted molar refractivity (Wildman–Crippen MR) is 150 cm³/mol. The number of nitrogens with one attached hydrogen (secondary N) is 1. The topological polar surface area (TPSA) is 178 Å². The minimum absolute atomic E-state index is 0.00954. The SMILES string of the molecule is COC(=O)C[C@]1(CC(=O)O)OB([C@@H](CC(=O)[C@@H](NC(=O)c2cccc(-c3ccccc3)n2)[C@@H](C)O)CC(C)C)OC1=O. The number of carboxylic acids is 1. The third-order valence-corrected chi connectivity index (χ3v) is 6.82. The van der Waals surface area contributed by atoms with Gasteiger partial charge in [0, 0.05) is 17.8 Å². The van der Waals surface area contributed by atoms with Crippen molar-refractivity contribution in [2.45, 2.75) is 70.0 Å². The molecule has 1 aromatic carbocycles. The Bertz CT molecular complexity index is 1300. The molecule has 224 valence electrons. The van der Waals surface area contributed by atoms with E-state index in [0.29, 0.717) is 12.1 Å². The van der Waals surface area contributed by atoms with E-state index in [1.165, 1.54) is 13.0 Å². The average Bonchev–Trinajstić information content (AvgIpc) is 3.25. The molecule has 0 radical (unpaired) electrons. The molecule has 3 N–H and O–H groups in total. The highest BCUT2D eigenvalue weighted by molar-refractivity contribution is 6.51. The Kier molecular flexibility index (Phi) is 11.0. The van der Waals surface area contributed by atoms with E-state index >= 15 is 0 Å². The normalized spacial score (nSPS) is 18.6. The zero-order chi connectivity index (χ0) is 31.0. The summed E-state index contributed by atoms with van der Waals surface area (Å²) in [6, 6.07) is 12.8. The number of esters is 1. The number of ketones is 1. The van der Waals surface area contributed by atoms with E-state index in [0.717, 1.165) is 12.7 Å². The number of pyridine rings is 1. The van der Waals surface area contributed by atoms with Crippen molar-refractivity contribution in [2.75, 3.05) is 7.11 Å². The summed E-state index contributed by atoms with van der Waals surface area (Å²) < 4.78 is 15.8. The zero-order valence-corrected chi connectivity index (χ0v) is 23.9. The van der Waals surface area contributed by atoms with Crippen LogP contribution in [0.15, 0.2) is 48.5 Å². The summed E-state index contributed by atoms with van der Waals surface area (Å²) >= 11 is 0. The van der Waals surface area contributed by atoms with Gasteiger partial charge in [0.05, 0.1) is 31.7 Å². The molecule has 2 aromatic rings. The lowest BCUT2D eigenvalue weighted by Gasteiger charge is -2.26. The quantitative estimate of drug-likeness (QED) is 0.220. The Morgan fingerprint density at radius 1 is 1.05 bits per heavy atom. The maximum Gasteiger partial charge on any atom is 0.531 e. The van der Waals surface area contributed by atoms with Gasteiger partial charge in [-0.1, -0.05) is 50.2 Å². The second-order valence-corrected chi connectivity index (χ2v) is 10.7. The lowest BCUT2D eigenvalue weighted by molar-refractivity contribution is -0.159. The van der Waals surface area contributed by atoms with Gasteiger partial charge in [-0.05, 0) is 31.4 Å². The molecule has 0 saturated carbocycles. The summed E-state index contributed by atoms with van der Waals surface area (Å²) in [6.07, 6.45) is -2.79. The van der Waals surface area contributed by atoms with Gasteiger partial charge in [-0.2, -0.15) is 0 Å². The van der Waals surface area contributed by atoms with E-state index < -0.39 is 73.1 Å². The summed E-state index contributed by atoms with van der Waals surface area (Å²) in [7, 11) is -0.255. The molecule has 2 heterocycles. The molecule has 1 aliphatic rings. The van der Waals surface area contributed by atoms with Gasteiger partial charge in [-0.15, -0.1) is 0 Å². The molecular weight excluding hydrogens is 547 g/mol. The first-order valence-electron chi connectivity index (χ1n) is 13.6. The lowest BCUT2D eigenvalue weighted by atomic mass is 9.65. The summed E-state index contributed by atoms with van der Waals surface area (Å²) in [6.45, 7) is 5.09. The fourth-order valence-corrected chi connectivity index (χ4v) is 4.84. The van der Waals surface area contributed by atoms with Crippen molar-refractivity contribution in [2.24, 2.45) is 5.92 Å². The first-order valence-corrected chi connectivity index (χ1v) is 13.6. The smallest absolute Gasteiger partial charge is 0.507 e. The van der Waals surface area contributed by atoms with Crippen molar-refractivity contribution in [1.29, 1.82) is 0 Å². The van der Waals surface area contributed by atoms with E-state index in [1.54, 1.807) is 12.1 Å². The number of carboxylic acid groups (broad SMARTS) is 1. The van der Waals surface area contributed by atoms with Crippen molar-refractivity contribution >= 4 is 36.7 Å². The molecule has 13 heteroatoms. The van der Waals surface area contributed by atoms with Crippen LogP contribution in [-0.2, 0) is 33.2 Å². The van der Waals surface area contributed by atoms with Gasteiger partial charge in [0.15, 0.2) is 11.4 Å². The number of aliphatic carboxylic acids is 1. The molecule has 1 amide bonds. The van der Waals surface area contributed by atoms with Crippen molar-refractivity contribution < 1.29 is 48.2 Å². The number of rotatable bonds is 14. The number of hydrogen-bond acceptors (Lipinski definition) is 10. The van der Waals surface area contributed by atoms with Crippen molar-refractivity contribution in [3.63, 3.8) is 0 Å². The van der Waals surface area contributed by atoms with Crippen LogP contribution in [0.3, 0.4) is 0 Å². The highest BCUT2D eigenvalue weighted by Crippen LogP contribution is 2.38. The molecule has 12 nitrogen and oxygen atoms in total. The number of aliphatic hydroxyl groups is 1. The largest absolute Gasteiger partial charge is 0.531 e. The second kappa shape index (κ2) is 14.2. The number of benzene rings is 1. The number of aromatic nitrogens is 1. The van der Waals surface area contributed by atoms with Crippen LogP contribution >= 0.6 is 0 Å². The van der Waals surface area contributed by atoms with Crippen LogP contribution < -0.4 is 5.32 Å². The van der Waals surface area contributed by atoms with E-state index in [-0.39, 0.29) is 18.0 Å². The summed E-state index contributed by atoms with van der Waals surface area (Å²) in [5.74, 6) is -5.33. The maximum atomic E-state index is 13.5. The Balaban J connectivity index is 1.80. The summed E-state index contributed by atoms with van der Waals surface area (Å²) in [5.41, 5.74) is -0.723. The highest BCUT2D eigenvalue weighted by atomic mass is 16.7. The fraction of sp³-hybridized carbons (Fsp3) is 0.448. The van der Waals surface area contributed by atoms with Gasteiger partial charge in [-0.25, -0.2) is 4.98 Å². The second-order valence-electron chi connectivity index (χ2n) is 10.7. The third-order valence-electron chi connectivity index (χ3n) is 6.82. The Labute approximate surface area is 243 Å². The molecule has 0 spiro atoms. The molecule has 1 fully saturated rings. The first kappa shape index (κ1) is 32.4. The van der Waals surface area contributed by atoms with Crippen LogP contribution in [0.4, 0.5) is 0 Å². The monoisotopic (exact) mass is 582 g/mol. The standard InChI is InChI=1S/C29H35BN2O10/c1-17(2)13-20(30-41-28(39)29(42-30,15-24(35)36)16-25(37)40-4)14-23(34)26(18(3)33)32-27(38)22-12-8-11-21(31-22)19-9-6-5-7-10-19/h5-12,17-18,20,26,33H,13-16H2,1-4H3,(H,32,38)(H,35,36)/t18-,20-,26+,29+/m1/s1. The van der Waals surface area contributed by atoms with Gasteiger partial charge < -0.3 is 29.6 Å². The molecule has 3 rings (SSSR count). The first-order chi connectivity index (χ1) is 19.8. The molecule has 0 bridgehead atoms. The van der Waals surface area contributed by atoms with Crippen LogP contribution in [-0.4, -0.2) is 76.8 Å². The number of aliphatic hydroxyl groups excluding tert-OH is 1. The van der Waals surface area contributed by atoms with Crippen LogP contribution in [0.1, 0.15) is 56.9 Å². The van der Waals surface area contributed by atoms with E-state index in [2.05, 4.69) is 15.0 Å². The predicted octanol–water partition coefficient (Wildman–Crippen LogP) is 2.44. The molecule has 0 unspecified atom stereocenters. The van der Waals surface area contributed by atoms with E-state index in [1.807, 2.05) is 44.2 Å². The van der Waals surface area contributed by atoms with E-state index in [9.17, 15) is 34.2 Å². The number of nitrogens with zero attached hydrogens (tertiary/aromatic N) is 1.